The molecule has 0 amide bonds. The second kappa shape index (κ2) is 6.52. The van der Waals surface area contributed by atoms with E-state index >= 15 is 0 Å². The molecule has 0 unspecified atom stereocenters. The molecule has 0 saturated carbocycles. The van der Waals surface area contributed by atoms with Crippen molar-refractivity contribution >= 4 is 34.0 Å². The molecule has 0 saturated heterocycles. The van der Waals surface area contributed by atoms with Crippen LogP contribution in [0.4, 0.5) is 0 Å². The van der Waals surface area contributed by atoms with Gasteiger partial charge in [0.25, 0.3) is 0 Å². The number of hydrogen-bond donors (Lipinski definition) is 1. The van der Waals surface area contributed by atoms with Crippen molar-refractivity contribution in [2.75, 3.05) is 0 Å². The van der Waals surface area contributed by atoms with Gasteiger partial charge in [0.2, 0.25) is 0 Å². The SMILES string of the molecule is OCc1c(-c2ccc3ccccc3c2)noc1-c1cc(Cl)ccc1Cl. The van der Waals surface area contributed by atoms with Gasteiger partial charge >= 0.3 is 0 Å². The van der Waals surface area contributed by atoms with Crippen LogP contribution in [0.25, 0.3) is 33.4 Å². The van der Waals surface area contributed by atoms with Crippen LogP contribution in [0.2, 0.25) is 10.0 Å². The molecule has 4 rings (SSSR count). The quantitative estimate of drug-likeness (QED) is 0.484. The first-order valence-corrected chi connectivity index (χ1v) is 8.47. The number of rotatable bonds is 3. The van der Waals surface area contributed by atoms with Crippen molar-refractivity contribution in [2.45, 2.75) is 6.61 Å². The van der Waals surface area contributed by atoms with E-state index in [0.717, 1.165) is 16.3 Å². The Kier molecular flexibility index (Phi) is 4.22. The summed E-state index contributed by atoms with van der Waals surface area (Å²) in [6.07, 6.45) is 0. The predicted molar refractivity (Wildman–Crippen MR) is 101 cm³/mol. The second-order valence-electron chi connectivity index (χ2n) is 5.68. The van der Waals surface area contributed by atoms with E-state index in [-0.39, 0.29) is 6.61 Å². The number of benzene rings is 3. The number of halogens is 2. The van der Waals surface area contributed by atoms with Crippen LogP contribution in [0.1, 0.15) is 5.56 Å². The molecule has 0 bridgehead atoms. The molecule has 124 valence electrons. The maximum absolute atomic E-state index is 9.91. The lowest BCUT2D eigenvalue weighted by molar-refractivity contribution is 0.281. The van der Waals surface area contributed by atoms with Crippen molar-refractivity contribution in [3.63, 3.8) is 0 Å². The highest BCUT2D eigenvalue weighted by Gasteiger charge is 2.20. The maximum Gasteiger partial charge on any atom is 0.174 e. The normalized spacial score (nSPS) is 11.2. The molecule has 0 fully saturated rings. The highest BCUT2D eigenvalue weighted by atomic mass is 35.5. The Hall–Kier alpha value is -2.33. The number of aliphatic hydroxyl groups excluding tert-OH is 1. The molecule has 4 aromatic rings. The van der Waals surface area contributed by atoms with Gasteiger partial charge < -0.3 is 9.63 Å². The lowest BCUT2D eigenvalue weighted by Crippen LogP contribution is -1.90. The van der Waals surface area contributed by atoms with Crippen molar-refractivity contribution < 1.29 is 9.63 Å². The second-order valence-corrected chi connectivity index (χ2v) is 6.53. The highest BCUT2D eigenvalue weighted by Crippen LogP contribution is 2.37. The number of aromatic nitrogens is 1. The first kappa shape index (κ1) is 16.2. The summed E-state index contributed by atoms with van der Waals surface area (Å²) in [4.78, 5) is 0. The van der Waals surface area contributed by atoms with Gasteiger partial charge in [0.05, 0.1) is 17.2 Å². The number of hydrogen-bond acceptors (Lipinski definition) is 3. The van der Waals surface area contributed by atoms with E-state index in [2.05, 4.69) is 5.16 Å². The molecule has 0 radical (unpaired) electrons. The Morgan fingerprint density at radius 2 is 1.72 bits per heavy atom. The summed E-state index contributed by atoms with van der Waals surface area (Å²) >= 11 is 12.3. The summed E-state index contributed by atoms with van der Waals surface area (Å²) in [7, 11) is 0. The van der Waals surface area contributed by atoms with E-state index in [9.17, 15) is 5.11 Å². The first-order chi connectivity index (χ1) is 12.2. The van der Waals surface area contributed by atoms with E-state index in [4.69, 9.17) is 27.7 Å². The summed E-state index contributed by atoms with van der Waals surface area (Å²) in [6, 6.07) is 19.2. The van der Waals surface area contributed by atoms with Crippen LogP contribution in [0, 0.1) is 0 Å². The number of fused-ring (bicyclic) bond motifs is 1. The lowest BCUT2D eigenvalue weighted by Gasteiger charge is -2.05. The third kappa shape index (κ3) is 2.91. The van der Waals surface area contributed by atoms with E-state index in [1.54, 1.807) is 18.2 Å². The van der Waals surface area contributed by atoms with Crippen LogP contribution in [-0.2, 0) is 6.61 Å². The fraction of sp³-hybridized carbons (Fsp3) is 0.0500. The lowest BCUT2D eigenvalue weighted by atomic mass is 10.0. The molecule has 25 heavy (non-hydrogen) atoms. The zero-order valence-electron chi connectivity index (χ0n) is 13.0. The van der Waals surface area contributed by atoms with Gasteiger partial charge in [-0.05, 0) is 35.0 Å². The van der Waals surface area contributed by atoms with Gasteiger partial charge in [-0.2, -0.15) is 0 Å². The van der Waals surface area contributed by atoms with Gasteiger partial charge in [0, 0.05) is 16.1 Å². The van der Waals surface area contributed by atoms with E-state index in [1.165, 1.54) is 0 Å². The third-order valence-corrected chi connectivity index (χ3v) is 4.71. The minimum absolute atomic E-state index is 0.218. The average Bonchev–Trinajstić information content (AvgIpc) is 3.07. The molecule has 3 nitrogen and oxygen atoms in total. The van der Waals surface area contributed by atoms with Crippen LogP contribution >= 0.6 is 23.2 Å². The van der Waals surface area contributed by atoms with Crippen LogP contribution in [0.3, 0.4) is 0 Å². The molecule has 1 heterocycles. The highest BCUT2D eigenvalue weighted by molar-refractivity contribution is 6.35. The van der Waals surface area contributed by atoms with Crippen molar-refractivity contribution in [2.24, 2.45) is 0 Å². The van der Waals surface area contributed by atoms with Crippen LogP contribution < -0.4 is 0 Å². The molecule has 1 N–H and O–H groups in total. The Labute approximate surface area is 154 Å². The predicted octanol–water partition coefficient (Wildman–Crippen LogP) is 5.96. The Balaban J connectivity index is 1.88. The van der Waals surface area contributed by atoms with Gasteiger partial charge in [0.15, 0.2) is 5.76 Å². The Morgan fingerprint density at radius 1 is 0.920 bits per heavy atom. The van der Waals surface area contributed by atoms with E-state index in [1.807, 2.05) is 42.5 Å². The number of nitrogens with zero attached hydrogens (tertiary/aromatic N) is 1. The fourth-order valence-electron chi connectivity index (χ4n) is 2.90. The molecular formula is C20H13Cl2NO2. The smallest absolute Gasteiger partial charge is 0.174 e. The summed E-state index contributed by atoms with van der Waals surface area (Å²) in [5.74, 6) is 0.429. The molecule has 0 atom stereocenters. The van der Waals surface area contributed by atoms with Crippen molar-refractivity contribution in [1.82, 2.24) is 5.16 Å². The largest absolute Gasteiger partial charge is 0.391 e. The van der Waals surface area contributed by atoms with Crippen LogP contribution in [-0.4, -0.2) is 10.3 Å². The van der Waals surface area contributed by atoms with Crippen LogP contribution in [0.5, 0.6) is 0 Å². The molecule has 5 heteroatoms. The zero-order chi connectivity index (χ0) is 17.4. The third-order valence-electron chi connectivity index (χ3n) is 4.14. The van der Waals surface area contributed by atoms with Crippen LogP contribution in [0.15, 0.2) is 65.2 Å². The molecule has 0 aliphatic rings. The summed E-state index contributed by atoms with van der Waals surface area (Å²) in [5.41, 5.74) is 2.66. The monoisotopic (exact) mass is 369 g/mol. The Bertz CT molecular complexity index is 1070. The van der Waals surface area contributed by atoms with E-state index < -0.39 is 0 Å². The van der Waals surface area contributed by atoms with Crippen molar-refractivity contribution in [1.29, 1.82) is 0 Å². The molecule has 0 aliphatic carbocycles. The van der Waals surface area contributed by atoms with Gasteiger partial charge in [-0.3, -0.25) is 0 Å². The summed E-state index contributed by atoms with van der Waals surface area (Å²) in [5, 5.41) is 17.3. The van der Waals surface area contributed by atoms with Gasteiger partial charge in [-0.1, -0.05) is 64.8 Å². The molecule has 0 aliphatic heterocycles. The molecule has 3 aromatic carbocycles. The topological polar surface area (TPSA) is 46.3 Å². The average molecular weight is 370 g/mol. The molecule has 0 spiro atoms. The Morgan fingerprint density at radius 3 is 2.52 bits per heavy atom. The first-order valence-electron chi connectivity index (χ1n) is 7.71. The fourth-order valence-corrected chi connectivity index (χ4v) is 3.28. The zero-order valence-corrected chi connectivity index (χ0v) is 14.6. The van der Waals surface area contributed by atoms with E-state index in [0.29, 0.717) is 32.6 Å². The van der Waals surface area contributed by atoms with Gasteiger partial charge in [-0.25, -0.2) is 0 Å². The van der Waals surface area contributed by atoms with Crippen molar-refractivity contribution in [3.8, 4) is 22.6 Å². The number of aliphatic hydroxyl groups is 1. The maximum atomic E-state index is 9.91. The molecule has 1 aromatic heterocycles. The summed E-state index contributed by atoms with van der Waals surface area (Å²) in [6.45, 7) is -0.218. The standard InChI is InChI=1S/C20H13Cl2NO2/c21-15-7-8-18(22)16(10-15)20-17(11-24)19(23-25-20)14-6-5-12-3-1-2-4-13(12)9-14/h1-10,24H,11H2. The molecular weight excluding hydrogens is 357 g/mol. The van der Waals surface area contributed by atoms with Gasteiger partial charge in [-0.15, -0.1) is 0 Å². The summed E-state index contributed by atoms with van der Waals surface area (Å²) < 4.78 is 5.52. The van der Waals surface area contributed by atoms with Gasteiger partial charge in [0.1, 0.15) is 5.69 Å². The minimum Gasteiger partial charge on any atom is -0.391 e. The van der Waals surface area contributed by atoms with Crippen molar-refractivity contribution in [3.05, 3.63) is 76.3 Å². The minimum atomic E-state index is -0.218.